The molecule has 1 aromatic heterocycles. The summed E-state index contributed by atoms with van der Waals surface area (Å²) >= 11 is 7.72. The maximum atomic E-state index is 5.95. The molecule has 0 bridgehead atoms. The highest BCUT2D eigenvalue weighted by atomic mass is 35.5. The average molecular weight is 211 g/mol. The van der Waals surface area contributed by atoms with Gasteiger partial charge >= 0.3 is 0 Å². The predicted molar refractivity (Wildman–Crippen MR) is 60.9 cm³/mol. The Bertz CT molecular complexity index is 443. The van der Waals surface area contributed by atoms with E-state index < -0.39 is 0 Å². The molecule has 0 aliphatic heterocycles. The van der Waals surface area contributed by atoms with E-state index in [4.69, 9.17) is 11.6 Å². The van der Waals surface area contributed by atoms with Gasteiger partial charge < -0.3 is 0 Å². The van der Waals surface area contributed by atoms with Crippen LogP contribution >= 0.6 is 22.9 Å². The average Bonchev–Trinajstić information content (AvgIpc) is 2.54. The van der Waals surface area contributed by atoms with Gasteiger partial charge in [0.2, 0.25) is 0 Å². The smallest absolute Gasteiger partial charge is 0.0491 e. The molecule has 0 nitrogen and oxygen atoms in total. The molecular formula is C11H11ClS. The SMILES string of the molecule is Cc1cc2ccsc2c(CCl)c1C. The lowest BCUT2D eigenvalue weighted by Crippen LogP contribution is -1.88. The quantitative estimate of drug-likeness (QED) is 0.618. The lowest BCUT2D eigenvalue weighted by molar-refractivity contribution is 1.28. The fraction of sp³-hybridized carbons (Fsp3) is 0.273. The van der Waals surface area contributed by atoms with Crippen molar-refractivity contribution in [3.05, 3.63) is 34.2 Å². The summed E-state index contributed by atoms with van der Waals surface area (Å²) in [6.07, 6.45) is 0. The second-order valence-corrected chi connectivity index (χ2v) is 4.45. The van der Waals surface area contributed by atoms with Crippen LogP contribution < -0.4 is 0 Å². The van der Waals surface area contributed by atoms with Crippen molar-refractivity contribution < 1.29 is 0 Å². The molecule has 0 radical (unpaired) electrons. The van der Waals surface area contributed by atoms with Gasteiger partial charge in [0, 0.05) is 10.6 Å². The fourth-order valence-corrected chi connectivity index (χ4v) is 2.98. The standard InChI is InChI=1S/C11H11ClS/c1-7-5-9-3-4-13-11(9)10(6-12)8(7)2/h3-5H,6H2,1-2H3. The Hall–Kier alpha value is -0.530. The van der Waals surface area contributed by atoms with E-state index >= 15 is 0 Å². The zero-order valence-corrected chi connectivity index (χ0v) is 9.30. The van der Waals surface area contributed by atoms with Crippen molar-refractivity contribution in [3.8, 4) is 0 Å². The van der Waals surface area contributed by atoms with E-state index in [1.54, 1.807) is 11.3 Å². The van der Waals surface area contributed by atoms with Crippen molar-refractivity contribution in [2.75, 3.05) is 0 Å². The van der Waals surface area contributed by atoms with E-state index in [0.29, 0.717) is 5.88 Å². The van der Waals surface area contributed by atoms with Crippen molar-refractivity contribution in [2.24, 2.45) is 0 Å². The normalized spacial score (nSPS) is 11.0. The van der Waals surface area contributed by atoms with E-state index in [1.807, 2.05) is 0 Å². The molecule has 1 heterocycles. The summed E-state index contributed by atoms with van der Waals surface area (Å²) in [6, 6.07) is 4.39. The number of hydrogen-bond acceptors (Lipinski definition) is 1. The Morgan fingerprint density at radius 1 is 1.38 bits per heavy atom. The third-order valence-corrected chi connectivity index (χ3v) is 3.78. The minimum Gasteiger partial charge on any atom is -0.143 e. The maximum absolute atomic E-state index is 5.95. The van der Waals surface area contributed by atoms with Crippen LogP contribution in [0.1, 0.15) is 16.7 Å². The molecule has 1 aromatic carbocycles. The van der Waals surface area contributed by atoms with Crippen LogP contribution in [0.3, 0.4) is 0 Å². The number of fused-ring (bicyclic) bond motifs is 1. The number of rotatable bonds is 1. The highest BCUT2D eigenvalue weighted by Crippen LogP contribution is 2.30. The second-order valence-electron chi connectivity index (χ2n) is 3.27. The lowest BCUT2D eigenvalue weighted by atomic mass is 10.0. The molecule has 0 N–H and O–H groups in total. The zero-order chi connectivity index (χ0) is 9.42. The van der Waals surface area contributed by atoms with Crippen LogP contribution in [-0.4, -0.2) is 0 Å². The van der Waals surface area contributed by atoms with Crippen LogP contribution in [0.4, 0.5) is 0 Å². The molecule has 2 heteroatoms. The molecule has 68 valence electrons. The van der Waals surface area contributed by atoms with Gasteiger partial charge in [0.15, 0.2) is 0 Å². The van der Waals surface area contributed by atoms with E-state index in [1.165, 1.54) is 26.8 Å². The van der Waals surface area contributed by atoms with E-state index in [2.05, 4.69) is 31.4 Å². The predicted octanol–water partition coefficient (Wildman–Crippen LogP) is 4.26. The Labute approximate surface area is 87.2 Å². The van der Waals surface area contributed by atoms with Gasteiger partial charge in [-0.2, -0.15) is 0 Å². The monoisotopic (exact) mass is 210 g/mol. The highest BCUT2D eigenvalue weighted by Gasteiger charge is 2.07. The first kappa shape index (κ1) is 9.04. The molecule has 0 saturated carbocycles. The number of halogens is 1. The molecule has 0 unspecified atom stereocenters. The highest BCUT2D eigenvalue weighted by molar-refractivity contribution is 7.17. The largest absolute Gasteiger partial charge is 0.143 e. The van der Waals surface area contributed by atoms with Gasteiger partial charge in [-0.15, -0.1) is 22.9 Å². The maximum Gasteiger partial charge on any atom is 0.0491 e. The lowest BCUT2D eigenvalue weighted by Gasteiger charge is -2.07. The van der Waals surface area contributed by atoms with Crippen molar-refractivity contribution in [1.29, 1.82) is 0 Å². The van der Waals surface area contributed by atoms with Crippen LogP contribution in [-0.2, 0) is 5.88 Å². The summed E-state index contributed by atoms with van der Waals surface area (Å²) < 4.78 is 1.35. The number of hydrogen-bond donors (Lipinski definition) is 0. The first-order chi connectivity index (χ1) is 6.24. The van der Waals surface area contributed by atoms with Crippen LogP contribution in [0.15, 0.2) is 17.5 Å². The number of benzene rings is 1. The Balaban J connectivity index is 2.87. The minimum absolute atomic E-state index is 0.616. The molecule has 0 aliphatic carbocycles. The van der Waals surface area contributed by atoms with Gasteiger partial charge in [0.1, 0.15) is 0 Å². The van der Waals surface area contributed by atoms with E-state index in [0.717, 1.165) is 0 Å². The van der Waals surface area contributed by atoms with Crippen LogP contribution in [0.5, 0.6) is 0 Å². The van der Waals surface area contributed by atoms with Gasteiger partial charge in [-0.1, -0.05) is 6.07 Å². The van der Waals surface area contributed by atoms with Crippen molar-refractivity contribution in [3.63, 3.8) is 0 Å². The van der Waals surface area contributed by atoms with Gasteiger partial charge in [-0.05, 0) is 47.4 Å². The summed E-state index contributed by atoms with van der Waals surface area (Å²) in [5, 5.41) is 3.45. The van der Waals surface area contributed by atoms with Gasteiger partial charge in [-0.25, -0.2) is 0 Å². The van der Waals surface area contributed by atoms with Gasteiger partial charge in [0.05, 0.1) is 0 Å². The van der Waals surface area contributed by atoms with Crippen LogP contribution in [0.25, 0.3) is 10.1 Å². The number of aryl methyl sites for hydroxylation is 1. The molecule has 0 saturated heterocycles. The molecule has 2 rings (SSSR count). The fourth-order valence-electron chi connectivity index (χ4n) is 1.59. The zero-order valence-electron chi connectivity index (χ0n) is 7.73. The Kier molecular flexibility index (Phi) is 2.31. The summed E-state index contributed by atoms with van der Waals surface area (Å²) in [4.78, 5) is 0. The Morgan fingerprint density at radius 3 is 2.85 bits per heavy atom. The van der Waals surface area contributed by atoms with Gasteiger partial charge in [-0.3, -0.25) is 0 Å². The molecule has 0 spiro atoms. The molecule has 0 aliphatic rings. The third kappa shape index (κ3) is 1.36. The van der Waals surface area contributed by atoms with Crippen molar-refractivity contribution in [1.82, 2.24) is 0 Å². The van der Waals surface area contributed by atoms with E-state index in [9.17, 15) is 0 Å². The number of alkyl halides is 1. The summed E-state index contributed by atoms with van der Waals surface area (Å²) in [6.45, 7) is 4.29. The minimum atomic E-state index is 0.616. The molecule has 0 fully saturated rings. The third-order valence-electron chi connectivity index (χ3n) is 2.52. The molecular weight excluding hydrogens is 200 g/mol. The topological polar surface area (TPSA) is 0 Å². The summed E-state index contributed by atoms with van der Waals surface area (Å²) in [7, 11) is 0. The molecule has 0 atom stereocenters. The first-order valence-corrected chi connectivity index (χ1v) is 5.67. The molecule has 0 amide bonds. The van der Waals surface area contributed by atoms with Crippen LogP contribution in [0.2, 0.25) is 0 Å². The van der Waals surface area contributed by atoms with Crippen molar-refractivity contribution >= 4 is 33.0 Å². The second kappa shape index (κ2) is 3.32. The molecule has 13 heavy (non-hydrogen) atoms. The first-order valence-electron chi connectivity index (χ1n) is 4.26. The Morgan fingerprint density at radius 2 is 2.15 bits per heavy atom. The van der Waals surface area contributed by atoms with Gasteiger partial charge in [0.25, 0.3) is 0 Å². The van der Waals surface area contributed by atoms with Crippen LogP contribution in [0, 0.1) is 13.8 Å². The van der Waals surface area contributed by atoms with E-state index in [-0.39, 0.29) is 0 Å². The molecule has 2 aromatic rings. The summed E-state index contributed by atoms with van der Waals surface area (Å²) in [5.74, 6) is 0.616. The van der Waals surface area contributed by atoms with Crippen molar-refractivity contribution in [2.45, 2.75) is 19.7 Å². The number of thiophene rings is 1. The summed E-state index contributed by atoms with van der Waals surface area (Å²) in [5.41, 5.74) is 3.97.